The Kier molecular flexibility index (Phi) is 6.09. The number of nitrogens with one attached hydrogen (secondary N) is 1. The summed E-state index contributed by atoms with van der Waals surface area (Å²) in [6.07, 6.45) is -4.58. The van der Waals surface area contributed by atoms with Gasteiger partial charge < -0.3 is 0 Å². The normalized spacial score (nSPS) is 12.0. The largest absolute Gasteiger partial charge is 0.433 e. The first kappa shape index (κ1) is 23.7. The summed E-state index contributed by atoms with van der Waals surface area (Å²) >= 11 is 0.780. The van der Waals surface area contributed by atoms with Gasteiger partial charge in [0.15, 0.2) is 5.78 Å². The van der Waals surface area contributed by atoms with Crippen molar-refractivity contribution in [3.05, 3.63) is 89.1 Å². The Morgan fingerprint density at radius 1 is 1.03 bits per heavy atom. The molecule has 0 aliphatic rings. The summed E-state index contributed by atoms with van der Waals surface area (Å²) in [5, 5.41) is 3.85. The van der Waals surface area contributed by atoms with E-state index in [1.807, 2.05) is 0 Å². The highest BCUT2D eigenvalue weighted by Gasteiger charge is 2.35. The van der Waals surface area contributed by atoms with Gasteiger partial charge in [-0.25, -0.2) is 8.42 Å². The minimum Gasteiger partial charge on any atom is -0.289 e. The van der Waals surface area contributed by atoms with Gasteiger partial charge in [-0.2, -0.15) is 18.3 Å². The molecule has 0 aliphatic carbocycles. The number of benzene rings is 2. The van der Waals surface area contributed by atoms with Crippen LogP contribution in [0.3, 0.4) is 0 Å². The van der Waals surface area contributed by atoms with Crippen LogP contribution in [0.2, 0.25) is 0 Å². The van der Waals surface area contributed by atoms with Crippen LogP contribution in [0.4, 0.5) is 18.9 Å². The molecule has 0 saturated carbocycles. The lowest BCUT2D eigenvalue weighted by Gasteiger charge is -2.12. The van der Waals surface area contributed by atoms with Crippen molar-refractivity contribution < 1.29 is 26.4 Å². The van der Waals surface area contributed by atoms with E-state index < -0.39 is 21.9 Å². The molecule has 2 aromatic heterocycles. The zero-order chi connectivity index (χ0) is 24.7. The van der Waals surface area contributed by atoms with Crippen molar-refractivity contribution in [3.8, 4) is 10.6 Å². The molecule has 0 fully saturated rings. The van der Waals surface area contributed by atoms with Crippen molar-refractivity contribution in [2.24, 2.45) is 7.05 Å². The number of anilines is 1. The number of rotatable bonds is 6. The van der Waals surface area contributed by atoms with E-state index >= 15 is 0 Å². The lowest BCUT2D eigenvalue weighted by molar-refractivity contribution is -0.143. The number of aromatic nitrogens is 2. The van der Waals surface area contributed by atoms with E-state index in [-0.39, 0.29) is 31.8 Å². The van der Waals surface area contributed by atoms with Crippen molar-refractivity contribution >= 4 is 32.8 Å². The molecule has 0 saturated heterocycles. The third-order valence-electron chi connectivity index (χ3n) is 4.97. The Labute approximate surface area is 197 Å². The van der Waals surface area contributed by atoms with Crippen LogP contribution in [0.5, 0.6) is 0 Å². The molecule has 0 spiro atoms. The first-order valence-corrected chi connectivity index (χ1v) is 12.2. The molecule has 176 valence electrons. The zero-order valence-electron chi connectivity index (χ0n) is 17.9. The highest BCUT2D eigenvalue weighted by Crippen LogP contribution is 2.36. The maximum Gasteiger partial charge on any atom is 0.433 e. The Hall–Kier alpha value is -3.44. The minimum atomic E-state index is -4.58. The maximum atomic E-state index is 13.1. The summed E-state index contributed by atoms with van der Waals surface area (Å²) in [6, 6.07) is 16.8. The third kappa shape index (κ3) is 4.75. The van der Waals surface area contributed by atoms with Gasteiger partial charge in [-0.15, -0.1) is 11.3 Å². The maximum absolute atomic E-state index is 13.1. The monoisotopic (exact) mass is 505 g/mol. The first-order chi connectivity index (χ1) is 16.0. The van der Waals surface area contributed by atoms with E-state index in [4.69, 9.17) is 0 Å². The van der Waals surface area contributed by atoms with Crippen LogP contribution < -0.4 is 4.72 Å². The molecule has 11 heteroatoms. The lowest BCUT2D eigenvalue weighted by Crippen LogP contribution is -2.15. The smallest absolute Gasteiger partial charge is 0.289 e. The standard InChI is InChI=1S/C23H18F3N3O3S2/c1-14-8-9-17(16(12-14)22(30)15-6-4-3-5-7-15)28-34(31,32)21-11-10-19(33-21)18-13-20(23(24,25)26)29(2)27-18/h3-13,28H,1-2H3. The van der Waals surface area contributed by atoms with Gasteiger partial charge in [-0.05, 0) is 37.3 Å². The van der Waals surface area contributed by atoms with Gasteiger partial charge in [0.05, 0.1) is 10.6 Å². The number of hydrogen-bond acceptors (Lipinski definition) is 5. The lowest BCUT2D eigenvalue weighted by atomic mass is 10.00. The summed E-state index contributed by atoms with van der Waals surface area (Å²) in [7, 11) is -2.96. The van der Waals surface area contributed by atoms with E-state index in [2.05, 4.69) is 9.82 Å². The zero-order valence-corrected chi connectivity index (χ0v) is 19.6. The van der Waals surface area contributed by atoms with E-state index in [0.29, 0.717) is 10.2 Å². The molecule has 0 unspecified atom stereocenters. The fraction of sp³-hybridized carbons (Fsp3) is 0.130. The van der Waals surface area contributed by atoms with E-state index in [1.165, 1.54) is 25.2 Å². The predicted octanol–water partition coefficient (Wildman–Crippen LogP) is 5.51. The number of sulfonamides is 1. The number of hydrogen-bond donors (Lipinski definition) is 1. The molecule has 34 heavy (non-hydrogen) atoms. The van der Waals surface area contributed by atoms with E-state index in [1.54, 1.807) is 49.4 Å². The average Bonchev–Trinajstić information content (AvgIpc) is 3.42. The molecular formula is C23H18F3N3O3S2. The van der Waals surface area contributed by atoms with Crippen molar-refractivity contribution in [2.75, 3.05) is 4.72 Å². The van der Waals surface area contributed by atoms with Gasteiger partial charge in [0.1, 0.15) is 15.6 Å². The second-order valence-electron chi connectivity index (χ2n) is 7.50. The number of carbonyl (C=O) groups is 1. The van der Waals surface area contributed by atoms with Crippen LogP contribution in [0.25, 0.3) is 10.6 Å². The second-order valence-corrected chi connectivity index (χ2v) is 10.5. The van der Waals surface area contributed by atoms with Gasteiger partial charge in [0.25, 0.3) is 10.0 Å². The summed E-state index contributed by atoms with van der Waals surface area (Å²) in [6.45, 7) is 1.79. The highest BCUT2D eigenvalue weighted by molar-refractivity contribution is 7.94. The third-order valence-corrected chi connectivity index (χ3v) is 7.93. The Morgan fingerprint density at radius 3 is 2.38 bits per heavy atom. The molecule has 1 N–H and O–H groups in total. The molecule has 0 bridgehead atoms. The van der Waals surface area contributed by atoms with Crippen LogP contribution in [-0.4, -0.2) is 24.0 Å². The fourth-order valence-electron chi connectivity index (χ4n) is 3.33. The molecule has 0 radical (unpaired) electrons. The van der Waals surface area contributed by atoms with Crippen molar-refractivity contribution in [2.45, 2.75) is 17.3 Å². The summed E-state index contributed by atoms with van der Waals surface area (Å²) < 4.78 is 68.4. The number of nitrogens with zero attached hydrogens (tertiary/aromatic N) is 2. The number of thiophene rings is 1. The van der Waals surface area contributed by atoms with Gasteiger partial charge >= 0.3 is 6.18 Å². The number of carbonyl (C=O) groups excluding carboxylic acids is 1. The van der Waals surface area contributed by atoms with E-state index in [0.717, 1.165) is 23.0 Å². The number of ketones is 1. The molecule has 2 heterocycles. The topological polar surface area (TPSA) is 81.1 Å². The van der Waals surface area contributed by atoms with Crippen LogP contribution >= 0.6 is 11.3 Å². The highest BCUT2D eigenvalue weighted by atomic mass is 32.2. The predicted molar refractivity (Wildman–Crippen MR) is 123 cm³/mol. The molecule has 0 aliphatic heterocycles. The molecule has 6 nitrogen and oxygen atoms in total. The molecule has 0 atom stereocenters. The summed E-state index contributed by atoms with van der Waals surface area (Å²) in [4.78, 5) is 13.3. The molecular weight excluding hydrogens is 487 g/mol. The van der Waals surface area contributed by atoms with Crippen LogP contribution in [0, 0.1) is 6.92 Å². The molecule has 4 aromatic rings. The Bertz CT molecular complexity index is 1470. The van der Waals surface area contributed by atoms with Crippen LogP contribution in [0.1, 0.15) is 27.2 Å². The van der Waals surface area contributed by atoms with E-state index in [9.17, 15) is 26.4 Å². The minimum absolute atomic E-state index is 0.0107. The quantitative estimate of drug-likeness (QED) is 0.351. The first-order valence-electron chi connectivity index (χ1n) is 9.90. The summed E-state index contributed by atoms with van der Waals surface area (Å²) in [5.74, 6) is -0.345. The fourth-order valence-corrected chi connectivity index (χ4v) is 5.67. The Balaban J connectivity index is 1.66. The second kappa shape index (κ2) is 8.73. The van der Waals surface area contributed by atoms with Crippen LogP contribution in [-0.2, 0) is 23.2 Å². The Morgan fingerprint density at radius 2 is 1.74 bits per heavy atom. The van der Waals surface area contributed by atoms with Gasteiger partial charge in [-0.1, -0.05) is 42.0 Å². The van der Waals surface area contributed by atoms with Gasteiger partial charge in [-0.3, -0.25) is 14.2 Å². The average molecular weight is 506 g/mol. The van der Waals surface area contributed by atoms with Crippen molar-refractivity contribution in [3.63, 3.8) is 0 Å². The van der Waals surface area contributed by atoms with Gasteiger partial charge in [0, 0.05) is 18.2 Å². The molecule has 4 rings (SSSR count). The van der Waals surface area contributed by atoms with Gasteiger partial charge in [0.2, 0.25) is 0 Å². The van der Waals surface area contributed by atoms with Crippen LogP contribution in [0.15, 0.2) is 70.9 Å². The number of alkyl halides is 3. The molecule has 2 aromatic carbocycles. The van der Waals surface area contributed by atoms with Crippen molar-refractivity contribution in [1.29, 1.82) is 0 Å². The number of aryl methyl sites for hydroxylation is 2. The molecule has 0 amide bonds. The summed E-state index contributed by atoms with van der Waals surface area (Å²) in [5.41, 5.74) is 0.537. The number of halogens is 3. The van der Waals surface area contributed by atoms with Crippen molar-refractivity contribution in [1.82, 2.24) is 9.78 Å². The SMILES string of the molecule is Cc1ccc(NS(=O)(=O)c2ccc(-c3cc(C(F)(F)F)n(C)n3)s2)c(C(=O)c2ccccc2)c1.